The fraction of sp³-hybridized carbons (Fsp3) is 0.667. The lowest BCUT2D eigenvalue weighted by Crippen LogP contribution is -2.57. The number of primary amides is 1. The van der Waals surface area contributed by atoms with Crippen LogP contribution in [0.15, 0.2) is 18.2 Å². The summed E-state index contributed by atoms with van der Waals surface area (Å²) in [4.78, 5) is 24.0. The van der Waals surface area contributed by atoms with Gasteiger partial charge in [-0.1, -0.05) is 39.2 Å². The molecule has 2 amide bonds. The zero-order valence-electron chi connectivity index (χ0n) is 18.6. The fourth-order valence-corrected chi connectivity index (χ4v) is 5.15. The smallest absolute Gasteiger partial charge is 0.248 e. The number of fused-ring (bicyclic) bond motifs is 1. The van der Waals surface area contributed by atoms with E-state index in [-0.39, 0.29) is 29.4 Å². The van der Waals surface area contributed by atoms with Crippen LogP contribution >= 0.6 is 0 Å². The van der Waals surface area contributed by atoms with Crippen molar-refractivity contribution in [3.05, 3.63) is 34.9 Å². The van der Waals surface area contributed by atoms with E-state index >= 15 is 0 Å². The first kappa shape index (κ1) is 22.8. The first-order valence-electron chi connectivity index (χ1n) is 11.3. The van der Waals surface area contributed by atoms with Gasteiger partial charge in [0.25, 0.3) is 0 Å². The van der Waals surface area contributed by atoms with Crippen LogP contribution in [0.25, 0.3) is 0 Å². The Morgan fingerprint density at radius 3 is 2.57 bits per heavy atom. The number of rotatable bonds is 8. The molecule has 2 unspecified atom stereocenters. The first-order valence-corrected chi connectivity index (χ1v) is 11.3. The predicted octanol–water partition coefficient (Wildman–Crippen LogP) is 2.68. The number of nitrogens with two attached hydrogens (primary N) is 1. The highest BCUT2D eigenvalue weighted by Crippen LogP contribution is 2.38. The summed E-state index contributed by atoms with van der Waals surface area (Å²) in [5.41, 5.74) is 8.18. The van der Waals surface area contributed by atoms with Crippen molar-refractivity contribution in [1.82, 2.24) is 10.6 Å². The third-order valence-electron chi connectivity index (χ3n) is 6.95. The molecule has 0 heterocycles. The van der Waals surface area contributed by atoms with E-state index < -0.39 is 5.91 Å². The Balaban J connectivity index is 1.57. The minimum Gasteiger partial charge on any atom is -0.379 e. The average molecular weight is 416 g/mol. The number of amides is 2. The van der Waals surface area contributed by atoms with Gasteiger partial charge in [-0.15, -0.1) is 0 Å². The quantitative estimate of drug-likeness (QED) is 0.569. The number of nitrogens with one attached hydrogen (secondary N) is 2. The van der Waals surface area contributed by atoms with E-state index in [1.165, 1.54) is 24.8 Å². The van der Waals surface area contributed by atoms with Crippen LogP contribution < -0.4 is 16.4 Å². The second-order valence-corrected chi connectivity index (χ2v) is 9.35. The summed E-state index contributed by atoms with van der Waals surface area (Å²) in [6.07, 6.45) is 7.38. The Morgan fingerprint density at radius 1 is 1.17 bits per heavy atom. The Morgan fingerprint density at radius 2 is 1.90 bits per heavy atom. The average Bonchev–Trinajstić information content (AvgIpc) is 2.74. The van der Waals surface area contributed by atoms with Gasteiger partial charge in [0.2, 0.25) is 11.8 Å². The van der Waals surface area contributed by atoms with Gasteiger partial charge in [0.05, 0.1) is 6.10 Å². The molecule has 0 saturated heterocycles. The van der Waals surface area contributed by atoms with Gasteiger partial charge in [0.15, 0.2) is 0 Å². The van der Waals surface area contributed by atoms with Crippen molar-refractivity contribution >= 4 is 11.8 Å². The van der Waals surface area contributed by atoms with Gasteiger partial charge >= 0.3 is 0 Å². The largest absolute Gasteiger partial charge is 0.379 e. The van der Waals surface area contributed by atoms with Crippen molar-refractivity contribution in [2.24, 2.45) is 11.7 Å². The van der Waals surface area contributed by atoms with E-state index in [1.54, 1.807) is 13.2 Å². The molecule has 2 aliphatic rings. The van der Waals surface area contributed by atoms with Crippen LogP contribution in [0.3, 0.4) is 0 Å². The number of carbonyl (C=O) groups is 2. The topological polar surface area (TPSA) is 93.4 Å². The van der Waals surface area contributed by atoms with Crippen LogP contribution in [-0.2, 0) is 21.4 Å². The molecule has 2 atom stereocenters. The molecule has 1 saturated carbocycles. The summed E-state index contributed by atoms with van der Waals surface area (Å²) in [5.74, 6) is 0.0221. The van der Waals surface area contributed by atoms with Crippen LogP contribution in [0.1, 0.15) is 73.9 Å². The highest BCUT2D eigenvalue weighted by atomic mass is 16.5. The Kier molecular flexibility index (Phi) is 7.53. The second-order valence-electron chi connectivity index (χ2n) is 9.35. The van der Waals surface area contributed by atoms with Crippen molar-refractivity contribution in [2.75, 3.05) is 20.2 Å². The van der Waals surface area contributed by atoms with Crippen molar-refractivity contribution in [2.45, 2.75) is 76.4 Å². The summed E-state index contributed by atoms with van der Waals surface area (Å²) in [6.45, 7) is 5.86. The third kappa shape index (κ3) is 5.03. The molecular weight excluding hydrogens is 378 g/mol. The van der Waals surface area contributed by atoms with Crippen LogP contribution in [0.5, 0.6) is 0 Å². The Bertz CT molecular complexity index is 756. The van der Waals surface area contributed by atoms with Crippen molar-refractivity contribution in [3.63, 3.8) is 0 Å². The molecular formula is C24H37N3O3. The lowest BCUT2D eigenvalue weighted by Gasteiger charge is -2.45. The van der Waals surface area contributed by atoms with Gasteiger partial charge in [-0.05, 0) is 49.1 Å². The Labute approximate surface area is 180 Å². The number of methoxy groups -OCH3 is 1. The van der Waals surface area contributed by atoms with E-state index in [9.17, 15) is 9.59 Å². The maximum atomic E-state index is 12.3. The van der Waals surface area contributed by atoms with Crippen LogP contribution in [0.2, 0.25) is 0 Å². The number of hydrogen-bond donors (Lipinski definition) is 3. The maximum Gasteiger partial charge on any atom is 0.248 e. The molecule has 1 fully saturated rings. The van der Waals surface area contributed by atoms with Gasteiger partial charge in [-0.25, -0.2) is 0 Å². The third-order valence-corrected chi connectivity index (χ3v) is 6.95. The van der Waals surface area contributed by atoms with Crippen LogP contribution in [0, 0.1) is 5.92 Å². The highest BCUT2D eigenvalue weighted by molar-refractivity contribution is 5.93. The molecule has 166 valence electrons. The monoisotopic (exact) mass is 415 g/mol. The molecule has 0 aliphatic heterocycles. The number of benzene rings is 1. The van der Waals surface area contributed by atoms with Gasteiger partial charge in [0.1, 0.15) is 0 Å². The van der Waals surface area contributed by atoms with Crippen molar-refractivity contribution in [3.8, 4) is 0 Å². The van der Waals surface area contributed by atoms with Gasteiger partial charge in [-0.3, -0.25) is 9.59 Å². The lowest BCUT2D eigenvalue weighted by atomic mass is 9.67. The molecule has 3 rings (SSSR count). The molecule has 6 heteroatoms. The number of carbonyl (C=O) groups excluding carboxylic acids is 2. The molecule has 0 radical (unpaired) electrons. The summed E-state index contributed by atoms with van der Waals surface area (Å²) in [7, 11) is 1.75. The SMILES string of the molecule is COC1Cc2ccc(C(N)=O)cc2C(C)(C)C1NCCCNC(=O)C1CCCCC1. The minimum atomic E-state index is -0.402. The normalized spacial score (nSPS) is 23.6. The zero-order valence-corrected chi connectivity index (χ0v) is 18.6. The Hall–Kier alpha value is -1.92. The zero-order chi connectivity index (χ0) is 21.7. The van der Waals surface area contributed by atoms with E-state index in [4.69, 9.17) is 10.5 Å². The molecule has 6 nitrogen and oxygen atoms in total. The molecule has 0 bridgehead atoms. The van der Waals surface area contributed by atoms with Gasteiger partial charge in [-0.2, -0.15) is 0 Å². The molecule has 2 aliphatic carbocycles. The predicted molar refractivity (Wildman–Crippen MR) is 118 cm³/mol. The molecule has 30 heavy (non-hydrogen) atoms. The van der Waals surface area contributed by atoms with Crippen molar-refractivity contribution in [1.29, 1.82) is 0 Å². The van der Waals surface area contributed by atoms with Crippen molar-refractivity contribution < 1.29 is 14.3 Å². The van der Waals surface area contributed by atoms with E-state index in [0.717, 1.165) is 37.8 Å². The molecule has 1 aromatic rings. The van der Waals surface area contributed by atoms with E-state index in [1.807, 2.05) is 12.1 Å². The standard InChI is InChI=1S/C24H37N3O3/c1-24(2)19-14-18(22(25)28)11-10-17(19)15-20(30-3)21(24)26-12-7-13-27-23(29)16-8-5-4-6-9-16/h10-11,14,16,20-21,26H,4-9,12-13,15H2,1-3H3,(H2,25,28)(H,27,29). The maximum absolute atomic E-state index is 12.3. The summed E-state index contributed by atoms with van der Waals surface area (Å²) < 4.78 is 5.82. The number of hydrogen-bond acceptors (Lipinski definition) is 4. The summed E-state index contributed by atoms with van der Waals surface area (Å²) in [6, 6.07) is 5.84. The first-order chi connectivity index (χ1) is 14.3. The fourth-order valence-electron chi connectivity index (χ4n) is 5.15. The summed E-state index contributed by atoms with van der Waals surface area (Å²) in [5, 5.41) is 6.77. The lowest BCUT2D eigenvalue weighted by molar-refractivity contribution is -0.125. The van der Waals surface area contributed by atoms with Crippen LogP contribution in [0.4, 0.5) is 0 Å². The molecule has 1 aromatic carbocycles. The van der Waals surface area contributed by atoms with Gasteiger partial charge in [0, 0.05) is 43.0 Å². The highest BCUT2D eigenvalue weighted by Gasteiger charge is 2.42. The number of ether oxygens (including phenoxy) is 1. The molecule has 0 aromatic heterocycles. The summed E-state index contributed by atoms with van der Waals surface area (Å²) >= 11 is 0. The molecule has 0 spiro atoms. The minimum absolute atomic E-state index is 0.0451. The van der Waals surface area contributed by atoms with E-state index in [2.05, 4.69) is 24.5 Å². The molecule has 4 N–H and O–H groups in total. The van der Waals surface area contributed by atoms with Crippen LogP contribution in [-0.4, -0.2) is 44.2 Å². The van der Waals surface area contributed by atoms with Gasteiger partial charge < -0.3 is 21.1 Å². The van der Waals surface area contributed by atoms with E-state index in [0.29, 0.717) is 12.1 Å². The second kappa shape index (κ2) is 9.92.